The summed E-state index contributed by atoms with van der Waals surface area (Å²) in [6, 6.07) is 23.6. The lowest BCUT2D eigenvalue weighted by Crippen LogP contribution is -2.38. The van der Waals surface area contributed by atoms with Gasteiger partial charge in [0, 0.05) is 29.3 Å². The maximum Gasteiger partial charge on any atom is 0.258 e. The number of amides is 2. The molecule has 3 aromatic rings. The average molecular weight is 412 g/mol. The molecule has 1 unspecified atom stereocenters. The van der Waals surface area contributed by atoms with Crippen molar-refractivity contribution in [3.05, 3.63) is 95.6 Å². The second kappa shape index (κ2) is 8.96. The number of ketones is 1. The number of anilines is 2. The maximum atomic E-state index is 13.3. The zero-order chi connectivity index (χ0) is 21.8. The third-order valence-corrected chi connectivity index (χ3v) is 5.54. The highest BCUT2D eigenvalue weighted by Crippen LogP contribution is 2.31. The van der Waals surface area contributed by atoms with Crippen molar-refractivity contribution < 1.29 is 14.4 Å². The van der Waals surface area contributed by atoms with Gasteiger partial charge < -0.3 is 10.2 Å². The number of rotatable bonds is 4. The van der Waals surface area contributed by atoms with Gasteiger partial charge in [-0.15, -0.1) is 0 Å². The Balaban J connectivity index is 1.51. The van der Waals surface area contributed by atoms with Crippen LogP contribution in [0.3, 0.4) is 0 Å². The van der Waals surface area contributed by atoms with Gasteiger partial charge in [-0.2, -0.15) is 0 Å². The Morgan fingerprint density at radius 1 is 0.935 bits per heavy atom. The molecule has 5 heteroatoms. The summed E-state index contributed by atoms with van der Waals surface area (Å²) in [5.41, 5.74) is 3.36. The molecule has 0 spiro atoms. The van der Waals surface area contributed by atoms with E-state index in [9.17, 15) is 14.4 Å². The van der Waals surface area contributed by atoms with Crippen LogP contribution in [-0.4, -0.2) is 23.6 Å². The quantitative estimate of drug-likeness (QED) is 0.664. The van der Waals surface area contributed by atoms with Crippen molar-refractivity contribution in [2.75, 3.05) is 10.2 Å². The van der Waals surface area contributed by atoms with Gasteiger partial charge in [-0.25, -0.2) is 0 Å². The second-order valence-corrected chi connectivity index (χ2v) is 7.79. The number of carbonyl (C=O) groups excluding carboxylic acids is 3. The smallest absolute Gasteiger partial charge is 0.258 e. The zero-order valence-electron chi connectivity index (χ0n) is 17.4. The van der Waals surface area contributed by atoms with Crippen LogP contribution < -0.4 is 10.2 Å². The van der Waals surface area contributed by atoms with Crippen molar-refractivity contribution in [2.45, 2.75) is 32.2 Å². The van der Waals surface area contributed by atoms with Gasteiger partial charge in [0.25, 0.3) is 5.91 Å². The number of benzene rings is 3. The third-order valence-electron chi connectivity index (χ3n) is 5.54. The van der Waals surface area contributed by atoms with E-state index >= 15 is 0 Å². The van der Waals surface area contributed by atoms with Gasteiger partial charge in [-0.1, -0.05) is 42.5 Å². The molecule has 4 rings (SSSR count). The first kappa shape index (κ1) is 20.5. The molecule has 0 saturated carbocycles. The minimum Gasteiger partial charge on any atom is -0.326 e. The molecule has 1 heterocycles. The molecule has 0 radical (unpaired) electrons. The molecule has 2 amide bonds. The Morgan fingerprint density at radius 3 is 2.35 bits per heavy atom. The number of carbonyl (C=O) groups is 3. The molecule has 0 aliphatic carbocycles. The summed E-state index contributed by atoms with van der Waals surface area (Å²) in [6.45, 7) is 1.97. The van der Waals surface area contributed by atoms with Crippen molar-refractivity contribution in [1.82, 2.24) is 0 Å². The number of hydrogen-bond donors (Lipinski definition) is 1. The molecular formula is C26H24N2O3. The van der Waals surface area contributed by atoms with Crippen molar-refractivity contribution in [3.63, 3.8) is 0 Å². The van der Waals surface area contributed by atoms with Gasteiger partial charge in [0.2, 0.25) is 5.91 Å². The predicted molar refractivity (Wildman–Crippen MR) is 121 cm³/mol. The van der Waals surface area contributed by atoms with Crippen LogP contribution in [-0.2, 0) is 11.2 Å². The second-order valence-electron chi connectivity index (χ2n) is 7.79. The van der Waals surface area contributed by atoms with Crippen molar-refractivity contribution in [3.8, 4) is 0 Å². The molecule has 0 fully saturated rings. The standard InChI is InChI=1S/C26H24N2O3/c1-18-11-16-24(29)22-9-5-6-10-23(22)28(18)26(31)20-14-12-19(13-15-20)17-25(30)27-21-7-3-2-4-8-21/h2-10,12-15,18H,11,16-17H2,1H3,(H,27,30). The lowest BCUT2D eigenvalue weighted by atomic mass is 10.1. The third kappa shape index (κ3) is 4.56. The van der Waals surface area contributed by atoms with Gasteiger partial charge in [0.05, 0.1) is 12.1 Å². The Bertz CT molecular complexity index is 1110. The fraction of sp³-hybridized carbons (Fsp3) is 0.192. The molecular weight excluding hydrogens is 388 g/mol. The summed E-state index contributed by atoms with van der Waals surface area (Å²) >= 11 is 0. The first-order valence-electron chi connectivity index (χ1n) is 10.4. The van der Waals surface area contributed by atoms with Crippen LogP contribution in [0.15, 0.2) is 78.9 Å². The van der Waals surface area contributed by atoms with E-state index in [4.69, 9.17) is 0 Å². The molecule has 1 N–H and O–H groups in total. The highest BCUT2D eigenvalue weighted by Gasteiger charge is 2.30. The van der Waals surface area contributed by atoms with Gasteiger partial charge in [0.15, 0.2) is 5.78 Å². The first-order valence-corrected chi connectivity index (χ1v) is 10.4. The molecule has 0 aromatic heterocycles. The molecule has 0 saturated heterocycles. The predicted octanol–water partition coefficient (Wildman–Crippen LogP) is 4.88. The van der Waals surface area contributed by atoms with Crippen LogP contribution in [0.25, 0.3) is 0 Å². The SMILES string of the molecule is CC1CCC(=O)c2ccccc2N1C(=O)c1ccc(CC(=O)Nc2ccccc2)cc1. The minimum atomic E-state index is -0.144. The highest BCUT2D eigenvalue weighted by atomic mass is 16.2. The van der Waals surface area contributed by atoms with Gasteiger partial charge in [-0.05, 0) is 55.3 Å². The summed E-state index contributed by atoms with van der Waals surface area (Å²) in [6.07, 6.45) is 1.27. The van der Waals surface area contributed by atoms with E-state index in [1.807, 2.05) is 55.5 Å². The average Bonchev–Trinajstić information content (AvgIpc) is 2.91. The van der Waals surface area contributed by atoms with Crippen molar-refractivity contribution in [1.29, 1.82) is 0 Å². The fourth-order valence-corrected chi connectivity index (χ4v) is 3.89. The number of fused-ring (bicyclic) bond motifs is 1. The lowest BCUT2D eigenvalue weighted by molar-refractivity contribution is -0.115. The monoisotopic (exact) mass is 412 g/mol. The van der Waals surface area contributed by atoms with Crippen LogP contribution in [0.1, 0.15) is 46.0 Å². The van der Waals surface area contributed by atoms with Gasteiger partial charge in [-0.3, -0.25) is 14.4 Å². The van der Waals surface area contributed by atoms with Crippen LogP contribution in [0.5, 0.6) is 0 Å². The molecule has 0 bridgehead atoms. The molecule has 1 aliphatic heterocycles. The molecule has 1 atom stereocenters. The maximum absolute atomic E-state index is 13.3. The Labute approximate surface area is 181 Å². The van der Waals surface area contributed by atoms with E-state index in [1.165, 1.54) is 0 Å². The van der Waals surface area contributed by atoms with Crippen LogP contribution in [0.4, 0.5) is 11.4 Å². The minimum absolute atomic E-state index is 0.0672. The highest BCUT2D eigenvalue weighted by molar-refractivity contribution is 6.12. The molecule has 3 aromatic carbocycles. The number of nitrogens with zero attached hydrogens (tertiary/aromatic N) is 1. The number of hydrogen-bond acceptors (Lipinski definition) is 3. The van der Waals surface area contributed by atoms with E-state index in [0.717, 1.165) is 11.3 Å². The zero-order valence-corrected chi connectivity index (χ0v) is 17.4. The van der Waals surface area contributed by atoms with Gasteiger partial charge in [0.1, 0.15) is 0 Å². The van der Waals surface area contributed by atoms with Gasteiger partial charge >= 0.3 is 0 Å². The lowest BCUT2D eigenvalue weighted by Gasteiger charge is -2.28. The summed E-state index contributed by atoms with van der Waals surface area (Å²) in [5, 5.41) is 2.86. The summed E-state index contributed by atoms with van der Waals surface area (Å²) in [7, 11) is 0. The summed E-state index contributed by atoms with van der Waals surface area (Å²) < 4.78 is 0. The summed E-state index contributed by atoms with van der Waals surface area (Å²) in [5.74, 6) is -0.189. The van der Waals surface area contributed by atoms with E-state index in [2.05, 4.69) is 5.32 Å². The number of Topliss-reactive ketones (excluding diaryl/α,β-unsaturated/α-hetero) is 1. The van der Waals surface area contributed by atoms with E-state index in [-0.39, 0.29) is 30.1 Å². The first-order chi connectivity index (χ1) is 15.0. The summed E-state index contributed by atoms with van der Waals surface area (Å²) in [4.78, 5) is 39.8. The van der Waals surface area contributed by atoms with E-state index in [0.29, 0.717) is 29.7 Å². The topological polar surface area (TPSA) is 66.5 Å². The number of para-hydroxylation sites is 2. The molecule has 1 aliphatic rings. The van der Waals surface area contributed by atoms with Crippen LogP contribution in [0, 0.1) is 0 Å². The molecule has 5 nitrogen and oxygen atoms in total. The normalized spacial score (nSPS) is 15.7. The fourth-order valence-electron chi connectivity index (χ4n) is 3.89. The van der Waals surface area contributed by atoms with Crippen LogP contribution in [0.2, 0.25) is 0 Å². The largest absolute Gasteiger partial charge is 0.326 e. The number of nitrogens with one attached hydrogen (secondary N) is 1. The Hall–Kier alpha value is -3.73. The van der Waals surface area contributed by atoms with Crippen LogP contribution >= 0.6 is 0 Å². The molecule has 31 heavy (non-hydrogen) atoms. The van der Waals surface area contributed by atoms with Crippen molar-refractivity contribution >= 4 is 29.0 Å². The van der Waals surface area contributed by atoms with E-state index < -0.39 is 0 Å². The molecule has 156 valence electrons. The van der Waals surface area contributed by atoms with Crippen molar-refractivity contribution in [2.24, 2.45) is 0 Å². The van der Waals surface area contributed by atoms with E-state index in [1.54, 1.807) is 35.2 Å². The Morgan fingerprint density at radius 2 is 1.61 bits per heavy atom. The Kier molecular flexibility index (Phi) is 5.94.